The van der Waals surface area contributed by atoms with E-state index in [9.17, 15) is 0 Å². The Hall–Kier alpha value is -1.04. The van der Waals surface area contributed by atoms with Gasteiger partial charge in [-0.25, -0.2) is 0 Å². The van der Waals surface area contributed by atoms with Gasteiger partial charge < -0.3 is 0 Å². The van der Waals surface area contributed by atoms with Gasteiger partial charge in [-0.05, 0) is 19.3 Å². The molecule has 0 spiro atoms. The van der Waals surface area contributed by atoms with Crippen LogP contribution in [0.15, 0.2) is 48.6 Å². The van der Waals surface area contributed by atoms with Crippen LogP contribution in [0.4, 0.5) is 0 Å². The van der Waals surface area contributed by atoms with Gasteiger partial charge in [0.25, 0.3) is 0 Å². The smallest absolute Gasteiger partial charge is 0.00443 e. The first-order valence-electron chi connectivity index (χ1n) is 4.45. The second-order valence-electron chi connectivity index (χ2n) is 2.70. The molecule has 0 heterocycles. The van der Waals surface area contributed by atoms with Gasteiger partial charge in [-0.3, -0.25) is 0 Å². The van der Waals surface area contributed by atoms with Crippen LogP contribution in [0.25, 0.3) is 0 Å². The van der Waals surface area contributed by atoms with Crippen molar-refractivity contribution in [2.24, 2.45) is 0 Å². The molecule has 0 aromatic heterocycles. The molecule has 0 bridgehead atoms. The molecular weight excluding hydrogens is 144 g/mol. The Morgan fingerprint density at radius 2 is 0.917 bits per heavy atom. The van der Waals surface area contributed by atoms with Gasteiger partial charge in [0.15, 0.2) is 0 Å². The number of hydrogen-bond acceptors (Lipinski definition) is 0. The van der Waals surface area contributed by atoms with Crippen molar-refractivity contribution in [1.82, 2.24) is 0 Å². The summed E-state index contributed by atoms with van der Waals surface area (Å²) in [5.41, 5.74) is 0. The van der Waals surface area contributed by atoms with Crippen molar-refractivity contribution < 1.29 is 0 Å². The van der Waals surface area contributed by atoms with E-state index in [0.717, 1.165) is 19.3 Å². The highest BCUT2D eigenvalue weighted by atomic mass is 13.8. The zero-order valence-corrected chi connectivity index (χ0v) is 7.32. The Morgan fingerprint density at radius 3 is 1.42 bits per heavy atom. The molecular formula is C12H15. The van der Waals surface area contributed by atoms with Crippen LogP contribution in [-0.4, -0.2) is 0 Å². The van der Waals surface area contributed by atoms with Crippen LogP contribution in [0.2, 0.25) is 0 Å². The fraction of sp³-hybridized carbons (Fsp3) is 0.250. The van der Waals surface area contributed by atoms with E-state index in [1.807, 2.05) is 0 Å². The predicted octanol–water partition coefficient (Wildman–Crippen LogP) is 3.60. The molecule has 63 valence electrons. The summed E-state index contributed by atoms with van der Waals surface area (Å²) in [6, 6.07) is 0. The monoisotopic (exact) mass is 159 g/mol. The van der Waals surface area contributed by atoms with Crippen LogP contribution in [0.1, 0.15) is 19.3 Å². The highest BCUT2D eigenvalue weighted by Crippen LogP contribution is 1.97. The molecule has 1 aliphatic carbocycles. The minimum Gasteiger partial charge on any atom is -0.0844 e. The summed E-state index contributed by atoms with van der Waals surface area (Å²) in [4.78, 5) is 0. The fourth-order valence-electron chi connectivity index (χ4n) is 0.999. The van der Waals surface area contributed by atoms with Crippen molar-refractivity contribution in [2.75, 3.05) is 0 Å². The van der Waals surface area contributed by atoms with Crippen LogP contribution in [0, 0.1) is 6.42 Å². The Labute approximate surface area is 75.0 Å². The summed E-state index contributed by atoms with van der Waals surface area (Å²) < 4.78 is 0. The van der Waals surface area contributed by atoms with Gasteiger partial charge >= 0.3 is 0 Å². The molecule has 0 unspecified atom stereocenters. The Balaban J connectivity index is 2.40. The van der Waals surface area contributed by atoms with Crippen molar-refractivity contribution in [3.63, 3.8) is 0 Å². The van der Waals surface area contributed by atoms with E-state index in [1.165, 1.54) is 0 Å². The summed E-state index contributed by atoms with van der Waals surface area (Å²) >= 11 is 0. The van der Waals surface area contributed by atoms with E-state index in [-0.39, 0.29) is 0 Å². The topological polar surface area (TPSA) is 0 Å². The van der Waals surface area contributed by atoms with Gasteiger partial charge in [0, 0.05) is 6.42 Å². The lowest BCUT2D eigenvalue weighted by Gasteiger charge is -1.87. The van der Waals surface area contributed by atoms with Gasteiger partial charge in [0.1, 0.15) is 0 Å². The van der Waals surface area contributed by atoms with Gasteiger partial charge in [-0.1, -0.05) is 48.6 Å². The molecule has 12 heavy (non-hydrogen) atoms. The van der Waals surface area contributed by atoms with E-state index in [0.29, 0.717) is 0 Å². The fourth-order valence-corrected chi connectivity index (χ4v) is 0.999. The first kappa shape index (κ1) is 9.05. The minimum absolute atomic E-state index is 1.04. The predicted molar refractivity (Wildman–Crippen MR) is 54.7 cm³/mol. The summed E-state index contributed by atoms with van der Waals surface area (Å²) in [5.74, 6) is 0. The second kappa shape index (κ2) is 6.66. The summed E-state index contributed by atoms with van der Waals surface area (Å²) in [5, 5.41) is 0. The molecule has 0 heteroatoms. The molecule has 0 saturated heterocycles. The number of rotatable bonds is 0. The zero-order valence-electron chi connectivity index (χ0n) is 7.32. The molecule has 0 aliphatic heterocycles. The number of allylic oxidation sites excluding steroid dienone is 8. The third-order valence-electron chi connectivity index (χ3n) is 1.64. The van der Waals surface area contributed by atoms with Gasteiger partial charge in [-0.15, -0.1) is 0 Å². The minimum atomic E-state index is 1.04. The molecule has 0 aromatic carbocycles. The molecule has 0 nitrogen and oxygen atoms in total. The second-order valence-corrected chi connectivity index (χ2v) is 2.70. The van der Waals surface area contributed by atoms with Crippen molar-refractivity contribution in [3.05, 3.63) is 55.0 Å². The van der Waals surface area contributed by atoms with Crippen LogP contribution >= 0.6 is 0 Å². The zero-order chi connectivity index (χ0) is 8.49. The normalized spacial score (nSPS) is 29.3. The van der Waals surface area contributed by atoms with Crippen molar-refractivity contribution in [2.45, 2.75) is 19.3 Å². The largest absolute Gasteiger partial charge is 0.0844 e. The molecule has 0 atom stereocenters. The maximum absolute atomic E-state index is 2.20. The molecule has 0 amide bonds. The highest BCUT2D eigenvalue weighted by Gasteiger charge is 1.76. The lowest BCUT2D eigenvalue weighted by molar-refractivity contribution is 1.27. The van der Waals surface area contributed by atoms with E-state index >= 15 is 0 Å². The highest BCUT2D eigenvalue weighted by molar-refractivity contribution is 5.11. The summed E-state index contributed by atoms with van der Waals surface area (Å²) in [7, 11) is 0. The first-order chi connectivity index (χ1) is 6.00. The summed E-state index contributed by atoms with van der Waals surface area (Å²) in [6.45, 7) is 0. The van der Waals surface area contributed by atoms with Crippen molar-refractivity contribution >= 4 is 0 Å². The third-order valence-corrected chi connectivity index (χ3v) is 1.64. The van der Waals surface area contributed by atoms with Gasteiger partial charge in [-0.2, -0.15) is 0 Å². The van der Waals surface area contributed by atoms with E-state index in [2.05, 4.69) is 55.0 Å². The molecule has 1 rings (SSSR count). The van der Waals surface area contributed by atoms with Crippen LogP contribution < -0.4 is 0 Å². The van der Waals surface area contributed by atoms with Crippen LogP contribution in [-0.2, 0) is 0 Å². The maximum atomic E-state index is 2.20. The Kier molecular flexibility index (Phi) is 5.02. The molecule has 0 saturated carbocycles. The molecule has 1 radical (unpaired) electrons. The average Bonchev–Trinajstić information content (AvgIpc) is 2.05. The molecule has 0 fully saturated rings. The molecule has 1 aliphatic rings. The molecule has 0 aromatic rings. The van der Waals surface area contributed by atoms with Crippen LogP contribution in [0.3, 0.4) is 0 Å². The first-order valence-corrected chi connectivity index (χ1v) is 4.45. The van der Waals surface area contributed by atoms with E-state index < -0.39 is 0 Å². The van der Waals surface area contributed by atoms with Crippen molar-refractivity contribution in [1.29, 1.82) is 0 Å². The van der Waals surface area contributed by atoms with E-state index in [1.54, 1.807) is 0 Å². The van der Waals surface area contributed by atoms with E-state index in [4.69, 9.17) is 0 Å². The Bertz CT molecular complexity index is 140. The van der Waals surface area contributed by atoms with Gasteiger partial charge in [0.2, 0.25) is 0 Å². The summed E-state index contributed by atoms with van der Waals surface area (Å²) in [6.07, 6.45) is 22.5. The number of hydrogen-bond donors (Lipinski definition) is 0. The third kappa shape index (κ3) is 4.73. The van der Waals surface area contributed by atoms with Crippen molar-refractivity contribution in [3.8, 4) is 0 Å². The standard InChI is InChI=1S/C12H15/c1-2-4-6-8-10-12-11-9-7-5-3-1/h1-5,8-11H,6-7,12H2/b4-2+,5-3+,10-8-,11-9-. The average molecular weight is 159 g/mol. The SMILES string of the molecule is [CH]1/C=C/C/C=C\C/C=C\C/C=C/1. The molecule has 0 N–H and O–H groups in total. The quantitative estimate of drug-likeness (QED) is 0.474. The lowest BCUT2D eigenvalue weighted by atomic mass is 10.2. The maximum Gasteiger partial charge on any atom is 0.00443 e. The van der Waals surface area contributed by atoms with Crippen LogP contribution in [0.5, 0.6) is 0 Å². The lowest BCUT2D eigenvalue weighted by Crippen LogP contribution is -1.67. The van der Waals surface area contributed by atoms with Gasteiger partial charge in [0.05, 0.1) is 0 Å². The Morgan fingerprint density at radius 1 is 0.500 bits per heavy atom.